The van der Waals surface area contributed by atoms with Gasteiger partial charge in [0.15, 0.2) is 0 Å². The van der Waals surface area contributed by atoms with E-state index in [4.69, 9.17) is 34.5 Å². The number of rotatable bonds is 46. The van der Waals surface area contributed by atoms with E-state index < -0.39 is 77.1 Å². The molecule has 12 N–H and O–H groups in total. The number of carbonyl (C=O) groups is 7. The molecular weight excluding hydrogens is 1650 g/mol. The maximum absolute atomic E-state index is 13.8. The van der Waals surface area contributed by atoms with Crippen LogP contribution in [0.25, 0.3) is 11.3 Å². The monoisotopic (exact) mass is 1810 g/mol. The first kappa shape index (κ1) is 111. The number of carbonyl (C=O) groups excluding carboxylic acids is 6. The summed E-state index contributed by atoms with van der Waals surface area (Å²) >= 11 is 0. The smallest absolute Gasteiger partial charge is 0.407 e. The average Bonchev–Trinajstić information content (AvgIpc) is 1.68. The van der Waals surface area contributed by atoms with E-state index in [1.54, 1.807) is 56.2 Å². The molecule has 2 bridgehead atoms. The highest BCUT2D eigenvalue weighted by Crippen LogP contribution is 2.37. The number of aliphatic hydroxyl groups is 3. The van der Waals surface area contributed by atoms with Gasteiger partial charge < -0.3 is 81.3 Å². The van der Waals surface area contributed by atoms with Crippen LogP contribution in [0.15, 0.2) is 188 Å². The molecule has 5 amide bonds. The van der Waals surface area contributed by atoms with Gasteiger partial charge in [0.05, 0.1) is 45.1 Å². The third-order valence-corrected chi connectivity index (χ3v) is 22.4. The number of hydrogen-bond donors (Lipinski definition) is 11. The molecule has 2 fully saturated rings. The number of aryl methyl sites for hydroxylation is 1. The van der Waals surface area contributed by atoms with Crippen molar-refractivity contribution in [2.24, 2.45) is 16.6 Å². The van der Waals surface area contributed by atoms with E-state index in [-0.39, 0.29) is 76.7 Å². The summed E-state index contributed by atoms with van der Waals surface area (Å²) in [4.78, 5) is 92.2. The van der Waals surface area contributed by atoms with E-state index in [2.05, 4.69) is 93.1 Å². The van der Waals surface area contributed by atoms with Crippen LogP contribution in [0.5, 0.6) is 11.5 Å². The number of para-hydroxylation sites is 1. The third kappa shape index (κ3) is 44.5. The van der Waals surface area contributed by atoms with Crippen LogP contribution in [0.4, 0.5) is 9.59 Å². The summed E-state index contributed by atoms with van der Waals surface area (Å²) in [5.74, 6) is -1.28. The number of hydrazine groups is 1. The number of aromatic nitrogens is 1. The first-order valence-electron chi connectivity index (χ1n) is 45.7. The number of esters is 1. The molecule has 712 valence electrons. The van der Waals surface area contributed by atoms with E-state index in [1.807, 2.05) is 169 Å². The number of primary amides is 1. The Hall–Kier alpha value is -9.97. The van der Waals surface area contributed by atoms with E-state index >= 15 is 0 Å². The lowest BCUT2D eigenvalue weighted by molar-refractivity contribution is -0.155. The number of nitrogens with two attached hydrogens (primary N) is 1. The molecule has 0 aliphatic carbocycles. The molecule has 27 heteroatoms. The lowest BCUT2D eigenvalue weighted by Crippen LogP contribution is -2.60. The number of piperidine rings is 1. The molecule has 3 heterocycles. The van der Waals surface area contributed by atoms with Crippen molar-refractivity contribution in [3.63, 3.8) is 0 Å². The van der Waals surface area contributed by atoms with Gasteiger partial charge in [-0.05, 0) is 141 Å². The lowest BCUT2D eigenvalue weighted by Gasteiger charge is -2.36. The van der Waals surface area contributed by atoms with Crippen molar-refractivity contribution >= 4 is 55.3 Å². The highest BCUT2D eigenvalue weighted by Gasteiger charge is 2.42. The molecule has 9 rings (SSSR count). The Morgan fingerprint density at radius 1 is 0.620 bits per heavy atom. The molecule has 10 atom stereocenters. The van der Waals surface area contributed by atoms with Gasteiger partial charge in [0.2, 0.25) is 11.8 Å². The molecule has 26 nitrogen and oxygen atoms in total. The zero-order valence-electron chi connectivity index (χ0n) is 78.9. The van der Waals surface area contributed by atoms with Gasteiger partial charge in [-0.25, -0.2) is 14.6 Å². The van der Waals surface area contributed by atoms with E-state index in [1.165, 1.54) is 109 Å². The fourth-order valence-corrected chi connectivity index (χ4v) is 15.0. The average molecular weight is 1810 g/mol. The second-order valence-corrected chi connectivity index (χ2v) is 35.6. The van der Waals surface area contributed by atoms with Crippen LogP contribution in [0.1, 0.15) is 230 Å². The molecule has 3 unspecified atom stereocenters. The van der Waals surface area contributed by atoms with E-state index in [0.29, 0.717) is 36.8 Å². The maximum atomic E-state index is 13.8. The Kier molecular flexibility index (Phi) is 53.2. The number of aliphatic hydroxyl groups excluding tert-OH is 3. The number of pyridine rings is 1. The number of aliphatic carboxylic acids is 1. The molecule has 2 aliphatic rings. The number of benzene rings is 6. The molecule has 6 aromatic carbocycles. The summed E-state index contributed by atoms with van der Waals surface area (Å²) in [6.07, 6.45) is 21.5. The van der Waals surface area contributed by atoms with Crippen LogP contribution in [-0.4, -0.2) is 193 Å². The predicted molar refractivity (Wildman–Crippen MR) is 516 cm³/mol. The van der Waals surface area contributed by atoms with Crippen molar-refractivity contribution in [3.05, 3.63) is 222 Å². The summed E-state index contributed by atoms with van der Waals surface area (Å²) in [6.45, 7) is 20.7. The number of fused-ring (bicyclic) bond motifs is 2. The first-order valence-corrected chi connectivity index (χ1v) is 45.7. The molecule has 2 aliphatic heterocycles. The molecule has 0 spiro atoms. The number of ether oxygens (including phenoxy) is 5. The van der Waals surface area contributed by atoms with Crippen LogP contribution >= 0.6 is 13.5 Å². The molecule has 0 saturated carbocycles. The summed E-state index contributed by atoms with van der Waals surface area (Å²) in [5, 5.41) is 55.6. The van der Waals surface area contributed by atoms with Crippen LogP contribution < -0.4 is 47.2 Å². The minimum Gasteiger partial charge on any atom is -0.491 e. The largest absolute Gasteiger partial charge is 0.491 e. The van der Waals surface area contributed by atoms with Crippen molar-refractivity contribution in [3.8, 4) is 22.8 Å². The first-order chi connectivity index (χ1) is 61.2. The van der Waals surface area contributed by atoms with Gasteiger partial charge in [-0.3, -0.25) is 34.4 Å². The highest BCUT2D eigenvalue weighted by atomic mass is 32.1. The maximum Gasteiger partial charge on any atom is 0.407 e. The Labute approximate surface area is 774 Å². The zero-order chi connectivity index (χ0) is 93.8. The van der Waals surface area contributed by atoms with Gasteiger partial charge in [0.1, 0.15) is 54.4 Å². The van der Waals surface area contributed by atoms with E-state index in [9.17, 15) is 48.9 Å². The summed E-state index contributed by atoms with van der Waals surface area (Å²) in [5.41, 5.74) is 14.1. The summed E-state index contributed by atoms with van der Waals surface area (Å²) < 4.78 is 26.9. The molecule has 7 aromatic rings. The van der Waals surface area contributed by atoms with Crippen LogP contribution in [0.3, 0.4) is 0 Å². The topological polar surface area (TPSA) is 364 Å². The number of amides is 5. The Morgan fingerprint density at radius 2 is 1.13 bits per heavy atom. The van der Waals surface area contributed by atoms with Gasteiger partial charge in [0, 0.05) is 62.4 Å². The van der Waals surface area contributed by atoms with Crippen LogP contribution in [-0.2, 0) is 57.6 Å². The van der Waals surface area contributed by atoms with Crippen molar-refractivity contribution in [2.45, 2.75) is 277 Å². The van der Waals surface area contributed by atoms with Gasteiger partial charge in [-0.15, -0.1) is 0 Å². The minimum atomic E-state index is -1.22. The molecule has 2 saturated heterocycles. The van der Waals surface area contributed by atoms with E-state index in [0.717, 1.165) is 77.9 Å². The quantitative estimate of drug-likeness (QED) is 0.00730. The number of carboxylic acids is 1. The molecular formula is C102H152N10O16S. The molecule has 1 aromatic heterocycles. The Bertz CT molecular complexity index is 4250. The number of nitrogens with zero attached hydrogens (tertiary/aromatic N) is 3. The van der Waals surface area contributed by atoms with Gasteiger partial charge in [-0.1, -0.05) is 291 Å². The number of hydrogen-bond acceptors (Lipinski definition) is 20. The Balaban J connectivity index is 0.000000370. The summed E-state index contributed by atoms with van der Waals surface area (Å²) in [6, 6.07) is 56.3. The minimum absolute atomic E-state index is 0. The van der Waals surface area contributed by atoms with Crippen LogP contribution in [0, 0.1) is 17.8 Å². The SMILES string of the molecule is CC(C)NCC(O)COc1ccc(CC(N)=O)cc1.CCCCCCCCCCCCCCCC(=O)O.CN1[C@@H]2CC[C@H]1CC(OC(=O)C(CO)c1ccccc1)C2.CNCC[C@@H](Oc1ccccc1C)c1ccccc1.COC(=O)N[C@H](C(=O)N[C@@H](Cc1ccccc1)[C@@H](O)CN(Cc1ccc(-c2ccccn2)cc1)NC(=O)[C@@H](NC(=O)OC)C(C)(C)C)C(C)(C)C.S. The fraction of sp³-hybridized carbons (Fsp3) is 0.529. The number of unbranched alkanes of at least 4 members (excludes halogenated alkanes) is 12. The summed E-state index contributed by atoms with van der Waals surface area (Å²) in [7, 11) is 6.57. The van der Waals surface area contributed by atoms with Gasteiger partial charge in [-0.2, -0.15) is 13.5 Å². The Morgan fingerprint density at radius 3 is 1.63 bits per heavy atom. The highest BCUT2D eigenvalue weighted by molar-refractivity contribution is 7.59. The lowest BCUT2D eigenvalue weighted by atomic mass is 9.85. The van der Waals surface area contributed by atoms with Crippen molar-refractivity contribution in [1.82, 2.24) is 46.9 Å². The zero-order valence-corrected chi connectivity index (χ0v) is 79.9. The third-order valence-electron chi connectivity index (χ3n) is 22.4. The normalized spacial score (nSPS) is 15.5. The number of methoxy groups -OCH3 is 2. The van der Waals surface area contributed by atoms with Gasteiger partial charge >= 0.3 is 24.1 Å². The molecule has 0 radical (unpaired) electrons. The number of nitrogens with one attached hydrogen (secondary N) is 6. The van der Waals surface area contributed by atoms with Crippen LogP contribution in [0.2, 0.25) is 0 Å². The number of carboxylic acid groups (broad SMARTS) is 1. The van der Waals surface area contributed by atoms with Crippen molar-refractivity contribution < 1.29 is 77.7 Å². The van der Waals surface area contributed by atoms with Crippen molar-refractivity contribution in [1.29, 1.82) is 0 Å². The second-order valence-electron chi connectivity index (χ2n) is 35.6. The van der Waals surface area contributed by atoms with Crippen molar-refractivity contribution in [2.75, 3.05) is 61.2 Å². The number of alkyl carbamates (subject to hydrolysis) is 2. The van der Waals surface area contributed by atoms with Gasteiger partial charge in [0.25, 0.3) is 5.91 Å². The standard InChI is InChI=1S/C38H52N6O7.C17H23NO3.C17H21NO.C16H32O2.C14H22N2O3.H2S/c1-37(2,3)31(41-35(48)50-7)33(46)40-29(22-25-14-10-9-11-15-25)30(45)24-44(43-34(47)32(38(4,5)6)42-36(49)51-8)23-26-17-19-27(20-18-26)28-16-12-13-21-39-28;1-18-13-7-8-14(18)10-15(9-13)21-17(20)16(11-19)12-5-3-2-4-6-12;1-14-8-6-7-11-16(14)19-17(12-13-18-2)15-9-4-3-5-10-15;1-2-3-4-5-6-7-8-9-10-11-12-13-14-15-16(17)18;1-10(2)16-8-12(17)9-19-13-5-3-11(4-6-13)7-14(15)18;/h9-21,29-32,45H,22-24H2,1-8H3,(H,40,46)(H,41,48)(H,42,49)(H,43,47);2-6,13-16,19H,7-11H2,1H3;3-11,17-18H,12-13H2,1-2H3;2-15H2,1H3,(H,17,18);3-6,10,12,16-17H,7-9H2,1-2H3,(H2,15,18);1H2/t29-,30-,31+,32+;13-,14+,15?,16?;17-;;;/m0.1.../s1. The predicted octanol–water partition coefficient (Wildman–Crippen LogP) is 16.0. The fourth-order valence-electron chi connectivity index (χ4n) is 15.0. The second kappa shape index (κ2) is 61.6. The molecule has 129 heavy (non-hydrogen) atoms.